The molecule has 1 heterocycles. The molecule has 0 aromatic heterocycles. The molecule has 1 fully saturated rings. The van der Waals surface area contributed by atoms with Gasteiger partial charge in [0.05, 0.1) is 11.1 Å². The summed E-state index contributed by atoms with van der Waals surface area (Å²) in [5.41, 5.74) is 5.05. The molecule has 1 aromatic rings. The quantitative estimate of drug-likeness (QED) is 0.894. The van der Waals surface area contributed by atoms with Gasteiger partial charge in [-0.25, -0.2) is 8.78 Å². The molecule has 2 N–H and O–H groups in total. The van der Waals surface area contributed by atoms with Crippen molar-refractivity contribution in [3.05, 3.63) is 35.4 Å². The summed E-state index contributed by atoms with van der Waals surface area (Å²) in [4.78, 5) is 14.0. The van der Waals surface area contributed by atoms with E-state index in [1.54, 1.807) is 4.90 Å². The van der Waals surface area contributed by atoms with Crippen molar-refractivity contribution in [1.82, 2.24) is 4.90 Å². The van der Waals surface area contributed by atoms with Gasteiger partial charge >= 0.3 is 0 Å². The van der Waals surface area contributed by atoms with E-state index < -0.39 is 23.1 Å². The van der Waals surface area contributed by atoms with Crippen molar-refractivity contribution in [3.63, 3.8) is 0 Å². The number of rotatable bonds is 2. The van der Waals surface area contributed by atoms with Crippen LogP contribution in [0, 0.1) is 11.6 Å². The van der Waals surface area contributed by atoms with Gasteiger partial charge in [0.15, 0.2) is 0 Å². The van der Waals surface area contributed by atoms with E-state index >= 15 is 0 Å². The zero-order valence-corrected chi connectivity index (χ0v) is 11.0. The van der Waals surface area contributed by atoms with Gasteiger partial charge < -0.3 is 10.6 Å². The summed E-state index contributed by atoms with van der Waals surface area (Å²) in [6, 6.07) is 2.93. The van der Waals surface area contributed by atoms with E-state index in [1.165, 1.54) is 0 Å². The van der Waals surface area contributed by atoms with Crippen LogP contribution in [0.2, 0.25) is 0 Å². The number of hydrogen-bond donors (Lipinski definition) is 1. The SMILES string of the molecule is CC1(CN)CCCCN1C(=O)c1cc(F)ccc1F. The van der Waals surface area contributed by atoms with Gasteiger partial charge in [-0.1, -0.05) is 0 Å². The summed E-state index contributed by atoms with van der Waals surface area (Å²) in [7, 11) is 0. The van der Waals surface area contributed by atoms with Crippen LogP contribution < -0.4 is 5.73 Å². The molecular weight excluding hydrogens is 250 g/mol. The zero-order chi connectivity index (χ0) is 14.0. The number of nitrogens with two attached hydrogens (primary N) is 1. The van der Waals surface area contributed by atoms with Crippen LogP contribution in [0.3, 0.4) is 0 Å². The zero-order valence-electron chi connectivity index (χ0n) is 11.0. The molecule has 104 valence electrons. The number of nitrogens with zero attached hydrogens (tertiary/aromatic N) is 1. The van der Waals surface area contributed by atoms with Crippen molar-refractivity contribution in [2.24, 2.45) is 5.73 Å². The first-order valence-electron chi connectivity index (χ1n) is 6.45. The topological polar surface area (TPSA) is 46.3 Å². The molecule has 5 heteroatoms. The Kier molecular flexibility index (Phi) is 3.85. The van der Waals surface area contributed by atoms with Gasteiger partial charge in [0.2, 0.25) is 0 Å². The summed E-state index contributed by atoms with van der Waals surface area (Å²) in [5, 5.41) is 0. The lowest BCUT2D eigenvalue weighted by Crippen LogP contribution is -2.56. The van der Waals surface area contributed by atoms with Gasteiger partial charge in [-0.3, -0.25) is 4.79 Å². The van der Waals surface area contributed by atoms with Crippen molar-refractivity contribution in [2.45, 2.75) is 31.7 Å². The second-order valence-corrected chi connectivity index (χ2v) is 5.24. The molecular formula is C14H18F2N2O. The van der Waals surface area contributed by atoms with Crippen LogP contribution in [0.5, 0.6) is 0 Å². The third-order valence-corrected chi connectivity index (χ3v) is 3.84. The molecule has 2 rings (SSSR count). The molecule has 1 atom stereocenters. The molecule has 1 aliphatic heterocycles. The molecule has 19 heavy (non-hydrogen) atoms. The predicted molar refractivity (Wildman–Crippen MR) is 68.7 cm³/mol. The molecule has 1 aliphatic rings. The fraction of sp³-hybridized carbons (Fsp3) is 0.500. The van der Waals surface area contributed by atoms with Crippen LogP contribution in [0.25, 0.3) is 0 Å². The highest BCUT2D eigenvalue weighted by Crippen LogP contribution is 2.29. The van der Waals surface area contributed by atoms with E-state index in [-0.39, 0.29) is 5.56 Å². The molecule has 1 aromatic carbocycles. The molecule has 0 radical (unpaired) electrons. The van der Waals surface area contributed by atoms with Crippen molar-refractivity contribution < 1.29 is 13.6 Å². The first-order chi connectivity index (χ1) is 8.98. The smallest absolute Gasteiger partial charge is 0.257 e. The number of carbonyl (C=O) groups is 1. The van der Waals surface area contributed by atoms with Gasteiger partial charge in [-0.05, 0) is 44.4 Å². The Bertz CT molecular complexity index is 492. The van der Waals surface area contributed by atoms with Crippen molar-refractivity contribution in [1.29, 1.82) is 0 Å². The average Bonchev–Trinajstić information content (AvgIpc) is 2.41. The van der Waals surface area contributed by atoms with E-state index in [0.717, 1.165) is 37.5 Å². The molecule has 1 amide bonds. The minimum atomic E-state index is -0.698. The normalized spacial score (nSPS) is 23.5. The third-order valence-electron chi connectivity index (χ3n) is 3.84. The van der Waals surface area contributed by atoms with Crippen LogP contribution in [-0.4, -0.2) is 29.4 Å². The number of likely N-dealkylation sites (tertiary alicyclic amines) is 1. The Labute approximate surface area is 111 Å². The third kappa shape index (κ3) is 2.61. The fourth-order valence-electron chi connectivity index (χ4n) is 2.55. The minimum absolute atomic E-state index is 0.221. The summed E-state index contributed by atoms with van der Waals surface area (Å²) < 4.78 is 26.9. The van der Waals surface area contributed by atoms with Gasteiger partial charge in [0, 0.05) is 13.1 Å². The summed E-state index contributed by atoms with van der Waals surface area (Å²) in [5.74, 6) is -1.79. The second-order valence-electron chi connectivity index (χ2n) is 5.24. The van der Waals surface area contributed by atoms with Gasteiger partial charge in [0.25, 0.3) is 5.91 Å². The molecule has 1 unspecified atom stereocenters. The van der Waals surface area contributed by atoms with Gasteiger partial charge in [0.1, 0.15) is 11.6 Å². The highest BCUT2D eigenvalue weighted by Gasteiger charge is 2.37. The van der Waals surface area contributed by atoms with Crippen LogP contribution in [0.1, 0.15) is 36.5 Å². The van der Waals surface area contributed by atoms with Crippen LogP contribution in [0.15, 0.2) is 18.2 Å². The van der Waals surface area contributed by atoms with Crippen LogP contribution in [-0.2, 0) is 0 Å². The van der Waals surface area contributed by atoms with E-state index in [2.05, 4.69) is 0 Å². The van der Waals surface area contributed by atoms with Crippen LogP contribution in [0.4, 0.5) is 8.78 Å². The maximum absolute atomic E-state index is 13.7. The van der Waals surface area contributed by atoms with E-state index in [1.807, 2.05) is 6.92 Å². The lowest BCUT2D eigenvalue weighted by Gasteiger charge is -2.44. The van der Waals surface area contributed by atoms with Gasteiger partial charge in [-0.2, -0.15) is 0 Å². The molecule has 3 nitrogen and oxygen atoms in total. The number of benzene rings is 1. The lowest BCUT2D eigenvalue weighted by molar-refractivity contribution is 0.0398. The number of carbonyl (C=O) groups excluding carboxylic acids is 1. The predicted octanol–water partition coefficient (Wildman–Crippen LogP) is 2.31. The minimum Gasteiger partial charge on any atom is -0.332 e. The largest absolute Gasteiger partial charge is 0.332 e. The fourth-order valence-corrected chi connectivity index (χ4v) is 2.55. The summed E-state index contributed by atoms with van der Waals surface area (Å²) in [6.45, 7) is 2.74. The number of hydrogen-bond acceptors (Lipinski definition) is 2. The summed E-state index contributed by atoms with van der Waals surface area (Å²) in [6.07, 6.45) is 2.63. The number of amides is 1. The molecule has 0 aliphatic carbocycles. The van der Waals surface area contributed by atoms with Crippen molar-refractivity contribution >= 4 is 5.91 Å². The average molecular weight is 268 g/mol. The Morgan fingerprint density at radius 1 is 1.42 bits per heavy atom. The molecule has 0 spiro atoms. The number of halogens is 2. The Morgan fingerprint density at radius 3 is 2.84 bits per heavy atom. The Balaban J connectivity index is 2.34. The highest BCUT2D eigenvalue weighted by atomic mass is 19.1. The van der Waals surface area contributed by atoms with E-state index in [9.17, 15) is 13.6 Å². The highest BCUT2D eigenvalue weighted by molar-refractivity contribution is 5.95. The Morgan fingerprint density at radius 2 is 2.16 bits per heavy atom. The van der Waals surface area contributed by atoms with Gasteiger partial charge in [-0.15, -0.1) is 0 Å². The van der Waals surface area contributed by atoms with E-state index in [0.29, 0.717) is 13.1 Å². The lowest BCUT2D eigenvalue weighted by atomic mass is 9.88. The van der Waals surface area contributed by atoms with Crippen molar-refractivity contribution in [2.75, 3.05) is 13.1 Å². The summed E-state index contributed by atoms with van der Waals surface area (Å²) >= 11 is 0. The van der Waals surface area contributed by atoms with Crippen molar-refractivity contribution in [3.8, 4) is 0 Å². The first-order valence-corrected chi connectivity index (χ1v) is 6.45. The molecule has 1 saturated heterocycles. The van der Waals surface area contributed by atoms with E-state index in [4.69, 9.17) is 5.73 Å². The molecule has 0 bridgehead atoms. The second kappa shape index (κ2) is 5.25. The number of piperidine rings is 1. The maximum Gasteiger partial charge on any atom is 0.257 e. The first kappa shape index (κ1) is 13.9. The maximum atomic E-state index is 13.7. The van der Waals surface area contributed by atoms with Crippen LogP contribution >= 0.6 is 0 Å². The molecule has 0 saturated carbocycles. The standard InChI is InChI=1S/C14H18F2N2O/c1-14(9-17)6-2-3-7-18(14)13(19)11-8-10(15)4-5-12(11)16/h4-5,8H,2-3,6-7,9,17H2,1H3. The Hall–Kier alpha value is -1.49. The monoisotopic (exact) mass is 268 g/mol.